The zero-order valence-electron chi connectivity index (χ0n) is 5.32. The van der Waals surface area contributed by atoms with Gasteiger partial charge in [0.1, 0.15) is 5.01 Å². The Kier molecular flexibility index (Phi) is 1.89. The van der Waals surface area contributed by atoms with Crippen molar-refractivity contribution >= 4 is 34.3 Å². The second-order valence-electron chi connectivity index (χ2n) is 1.87. The van der Waals surface area contributed by atoms with Crippen LogP contribution < -0.4 is 0 Å². The highest BCUT2D eigenvalue weighted by Gasteiger charge is 2.03. The summed E-state index contributed by atoms with van der Waals surface area (Å²) in [4.78, 5) is 0. The molecule has 0 aliphatic carbocycles. The number of hydrogen-bond acceptors (Lipinski definition) is 4. The van der Waals surface area contributed by atoms with Crippen molar-refractivity contribution in [1.29, 1.82) is 0 Å². The van der Waals surface area contributed by atoms with Crippen LogP contribution in [0.1, 0.15) is 0 Å². The first-order chi connectivity index (χ1) is 5.36. The van der Waals surface area contributed by atoms with Crippen LogP contribution in [0.25, 0.3) is 10.6 Å². The van der Waals surface area contributed by atoms with Gasteiger partial charge in [-0.1, -0.05) is 11.3 Å². The lowest BCUT2D eigenvalue weighted by molar-refractivity contribution is 1.10. The van der Waals surface area contributed by atoms with Gasteiger partial charge in [0.2, 0.25) is 4.47 Å². The molecule has 0 N–H and O–H groups in total. The third-order valence-corrected chi connectivity index (χ3v) is 2.92. The van der Waals surface area contributed by atoms with Crippen molar-refractivity contribution in [2.45, 2.75) is 0 Å². The molecule has 56 valence electrons. The lowest BCUT2D eigenvalue weighted by Crippen LogP contribution is -1.69. The lowest BCUT2D eigenvalue weighted by Gasteiger charge is -1.82. The molecule has 2 rings (SSSR count). The van der Waals surface area contributed by atoms with E-state index < -0.39 is 0 Å². The molecule has 2 aromatic rings. The largest absolute Gasteiger partial charge is 0.207 e. The molecule has 0 spiro atoms. The summed E-state index contributed by atoms with van der Waals surface area (Å²) in [6.07, 6.45) is 0. The Labute approximate surface area is 76.5 Å². The SMILES string of the molecule is Clc1nnc(-c2ccsc2)s1. The van der Waals surface area contributed by atoms with Crippen LogP contribution in [0.2, 0.25) is 4.47 Å². The highest BCUT2D eigenvalue weighted by atomic mass is 35.5. The molecule has 11 heavy (non-hydrogen) atoms. The van der Waals surface area contributed by atoms with E-state index in [9.17, 15) is 0 Å². The first-order valence-electron chi connectivity index (χ1n) is 2.88. The molecule has 2 aromatic heterocycles. The first kappa shape index (κ1) is 7.21. The van der Waals surface area contributed by atoms with Crippen molar-refractivity contribution in [3.63, 3.8) is 0 Å². The molecule has 0 radical (unpaired) electrons. The van der Waals surface area contributed by atoms with Crippen LogP contribution in [0.5, 0.6) is 0 Å². The summed E-state index contributed by atoms with van der Waals surface area (Å²) in [5.41, 5.74) is 1.10. The van der Waals surface area contributed by atoms with Gasteiger partial charge in [-0.05, 0) is 23.0 Å². The van der Waals surface area contributed by atoms with E-state index in [2.05, 4.69) is 10.2 Å². The van der Waals surface area contributed by atoms with Gasteiger partial charge in [-0.3, -0.25) is 0 Å². The van der Waals surface area contributed by atoms with Gasteiger partial charge in [0, 0.05) is 10.9 Å². The minimum Gasteiger partial charge on any atom is -0.152 e. The maximum atomic E-state index is 5.63. The van der Waals surface area contributed by atoms with Crippen LogP contribution in [0.15, 0.2) is 16.8 Å². The minimum atomic E-state index is 0.492. The van der Waals surface area contributed by atoms with Gasteiger partial charge in [-0.2, -0.15) is 11.3 Å². The highest BCUT2D eigenvalue weighted by Crippen LogP contribution is 2.27. The van der Waals surface area contributed by atoms with Crippen LogP contribution in [0, 0.1) is 0 Å². The van der Waals surface area contributed by atoms with E-state index in [1.165, 1.54) is 11.3 Å². The monoisotopic (exact) mass is 202 g/mol. The summed E-state index contributed by atoms with van der Waals surface area (Å²) in [5.74, 6) is 0. The molecule has 2 nitrogen and oxygen atoms in total. The molecule has 0 unspecified atom stereocenters. The van der Waals surface area contributed by atoms with Gasteiger partial charge >= 0.3 is 0 Å². The topological polar surface area (TPSA) is 25.8 Å². The van der Waals surface area contributed by atoms with Crippen LogP contribution in [-0.4, -0.2) is 10.2 Å². The third kappa shape index (κ3) is 1.42. The summed E-state index contributed by atoms with van der Waals surface area (Å²) in [6, 6.07) is 2.00. The van der Waals surface area contributed by atoms with Gasteiger partial charge < -0.3 is 0 Å². The van der Waals surface area contributed by atoms with Crippen molar-refractivity contribution in [3.8, 4) is 10.6 Å². The second kappa shape index (κ2) is 2.89. The number of nitrogens with zero attached hydrogens (tertiary/aromatic N) is 2. The Hall–Kier alpha value is -0.450. The molecular formula is C6H3ClN2S2. The molecule has 0 aliphatic rings. The quantitative estimate of drug-likeness (QED) is 0.711. The van der Waals surface area contributed by atoms with Crippen molar-refractivity contribution in [3.05, 3.63) is 21.3 Å². The maximum absolute atomic E-state index is 5.63. The number of aromatic nitrogens is 2. The van der Waals surface area contributed by atoms with Gasteiger partial charge in [0.15, 0.2) is 0 Å². The third-order valence-electron chi connectivity index (χ3n) is 1.17. The molecular weight excluding hydrogens is 200 g/mol. The standard InChI is InChI=1S/C6H3ClN2S2/c7-6-9-8-5(11-6)4-1-2-10-3-4/h1-3H. The van der Waals surface area contributed by atoms with E-state index in [4.69, 9.17) is 11.6 Å². The van der Waals surface area contributed by atoms with Crippen molar-refractivity contribution < 1.29 is 0 Å². The van der Waals surface area contributed by atoms with Crippen LogP contribution in [0.3, 0.4) is 0 Å². The van der Waals surface area contributed by atoms with Gasteiger partial charge in [0.25, 0.3) is 0 Å². The van der Waals surface area contributed by atoms with Gasteiger partial charge in [-0.25, -0.2) is 0 Å². The Morgan fingerprint density at radius 3 is 2.82 bits per heavy atom. The number of hydrogen-bond donors (Lipinski definition) is 0. The normalized spacial score (nSPS) is 10.3. The molecule has 0 amide bonds. The molecule has 0 aliphatic heterocycles. The van der Waals surface area contributed by atoms with Crippen molar-refractivity contribution in [2.75, 3.05) is 0 Å². The molecule has 0 aromatic carbocycles. The Morgan fingerprint density at radius 2 is 2.27 bits per heavy atom. The van der Waals surface area contributed by atoms with Crippen LogP contribution >= 0.6 is 34.3 Å². The van der Waals surface area contributed by atoms with Crippen molar-refractivity contribution in [2.24, 2.45) is 0 Å². The van der Waals surface area contributed by atoms with E-state index in [-0.39, 0.29) is 0 Å². The van der Waals surface area contributed by atoms with Crippen LogP contribution in [-0.2, 0) is 0 Å². The van der Waals surface area contributed by atoms with Crippen LogP contribution in [0.4, 0.5) is 0 Å². The first-order valence-corrected chi connectivity index (χ1v) is 5.01. The van der Waals surface area contributed by atoms with Gasteiger partial charge in [0.05, 0.1) is 0 Å². The maximum Gasteiger partial charge on any atom is 0.207 e. The number of halogens is 1. The average Bonchev–Trinajstić information content (AvgIpc) is 2.55. The number of thiophene rings is 1. The fourth-order valence-electron chi connectivity index (χ4n) is 0.708. The Balaban J connectivity index is 2.45. The highest BCUT2D eigenvalue weighted by molar-refractivity contribution is 7.18. The predicted molar refractivity (Wildman–Crippen MR) is 48.2 cm³/mol. The molecule has 0 bridgehead atoms. The molecule has 0 saturated carbocycles. The smallest absolute Gasteiger partial charge is 0.152 e. The summed E-state index contributed by atoms with van der Waals surface area (Å²) in [5, 5.41) is 12.5. The summed E-state index contributed by atoms with van der Waals surface area (Å²) < 4.78 is 0.492. The summed E-state index contributed by atoms with van der Waals surface area (Å²) in [7, 11) is 0. The second-order valence-corrected chi connectivity index (χ2v) is 4.21. The predicted octanol–water partition coefficient (Wildman–Crippen LogP) is 2.92. The van der Waals surface area contributed by atoms with E-state index in [0.29, 0.717) is 4.47 Å². The molecule has 0 saturated heterocycles. The van der Waals surface area contributed by atoms with E-state index in [0.717, 1.165) is 10.6 Å². The Bertz CT molecular complexity index is 341. The fourth-order valence-corrected chi connectivity index (χ4v) is 2.25. The zero-order valence-corrected chi connectivity index (χ0v) is 7.71. The fraction of sp³-hybridized carbons (Fsp3) is 0. The molecule has 5 heteroatoms. The minimum absolute atomic E-state index is 0.492. The molecule has 0 fully saturated rings. The average molecular weight is 203 g/mol. The van der Waals surface area contributed by atoms with E-state index >= 15 is 0 Å². The van der Waals surface area contributed by atoms with E-state index in [1.807, 2.05) is 16.8 Å². The molecule has 2 heterocycles. The van der Waals surface area contributed by atoms with E-state index in [1.54, 1.807) is 11.3 Å². The molecule has 0 atom stereocenters. The van der Waals surface area contributed by atoms with Gasteiger partial charge in [-0.15, -0.1) is 10.2 Å². The van der Waals surface area contributed by atoms with Crippen molar-refractivity contribution in [1.82, 2.24) is 10.2 Å². The summed E-state index contributed by atoms with van der Waals surface area (Å²) in [6.45, 7) is 0. The lowest BCUT2D eigenvalue weighted by atomic mass is 10.4. The zero-order chi connectivity index (χ0) is 7.68. The summed E-state index contributed by atoms with van der Waals surface area (Å²) >= 11 is 8.66. The Morgan fingerprint density at radius 1 is 1.36 bits per heavy atom. The number of rotatable bonds is 1.